The molecule has 0 aliphatic rings. The fourth-order valence-corrected chi connectivity index (χ4v) is 9.14. The van der Waals surface area contributed by atoms with Crippen molar-refractivity contribution >= 4 is 0 Å². The fraction of sp³-hybridized carbons (Fsp3) is 1.00. The molecule has 0 atom stereocenters. The molecule has 0 heterocycles. The second-order valence-corrected chi connectivity index (χ2v) is 19.9. The molecule has 0 aromatic heterocycles. The number of unbranched alkanes of at least 4 members (excludes halogenated alkanes) is 32. The van der Waals surface area contributed by atoms with Gasteiger partial charge < -0.3 is 23.7 Å². The van der Waals surface area contributed by atoms with Crippen LogP contribution in [0.25, 0.3) is 0 Å². The summed E-state index contributed by atoms with van der Waals surface area (Å²) in [5, 5.41) is 0. The van der Waals surface area contributed by atoms with Gasteiger partial charge in [-0.25, -0.2) is 0 Å². The SMILES string of the molecule is CCCCCCCOCCCCCCCCCOC(CCCCCC)(CCCCCC)OC(CCCCCC)(CCCCCC)OCCCCCCCCCOCCCCCCC. The van der Waals surface area contributed by atoms with Gasteiger partial charge in [0.1, 0.15) is 0 Å². The van der Waals surface area contributed by atoms with Gasteiger partial charge in [-0.2, -0.15) is 0 Å². The van der Waals surface area contributed by atoms with Crippen LogP contribution in [0.1, 0.15) is 324 Å². The van der Waals surface area contributed by atoms with Crippen LogP contribution in [0.3, 0.4) is 0 Å². The van der Waals surface area contributed by atoms with E-state index in [0.29, 0.717) is 0 Å². The molecule has 0 fully saturated rings. The highest BCUT2D eigenvalue weighted by Gasteiger charge is 2.43. The van der Waals surface area contributed by atoms with Gasteiger partial charge in [0.05, 0.1) is 13.2 Å². The Balaban J connectivity index is 5.50. The Morgan fingerprint density at radius 2 is 0.397 bits per heavy atom. The Morgan fingerprint density at radius 1 is 0.206 bits per heavy atom. The van der Waals surface area contributed by atoms with E-state index >= 15 is 0 Å². The zero-order valence-electron chi connectivity index (χ0n) is 44.4. The smallest absolute Gasteiger partial charge is 0.171 e. The summed E-state index contributed by atoms with van der Waals surface area (Å²) in [7, 11) is 0. The largest absolute Gasteiger partial charge is 0.381 e. The Bertz CT molecular complexity index is 744. The van der Waals surface area contributed by atoms with Gasteiger partial charge in [-0.15, -0.1) is 0 Å². The lowest BCUT2D eigenvalue weighted by Gasteiger charge is -2.44. The summed E-state index contributed by atoms with van der Waals surface area (Å²) in [6.45, 7) is 19.3. The zero-order valence-corrected chi connectivity index (χ0v) is 44.4. The molecule has 0 unspecified atom stereocenters. The van der Waals surface area contributed by atoms with E-state index < -0.39 is 11.6 Å². The molecule has 5 nitrogen and oxygen atoms in total. The van der Waals surface area contributed by atoms with E-state index in [9.17, 15) is 0 Å². The molecular weight excluding hydrogens is 777 g/mol. The minimum Gasteiger partial charge on any atom is -0.381 e. The van der Waals surface area contributed by atoms with Crippen molar-refractivity contribution in [3.05, 3.63) is 0 Å². The van der Waals surface area contributed by atoms with Gasteiger partial charge in [0.2, 0.25) is 0 Å². The van der Waals surface area contributed by atoms with E-state index in [2.05, 4.69) is 41.5 Å². The van der Waals surface area contributed by atoms with Crippen LogP contribution in [0.2, 0.25) is 0 Å². The molecular formula is C58H118O5. The molecule has 0 amide bonds. The molecule has 0 rings (SSSR count). The topological polar surface area (TPSA) is 46.2 Å². The Labute approximate surface area is 397 Å². The average Bonchev–Trinajstić information content (AvgIpc) is 3.29. The third-order valence-corrected chi connectivity index (χ3v) is 13.4. The number of ether oxygens (including phenoxy) is 5. The molecule has 0 saturated heterocycles. The van der Waals surface area contributed by atoms with E-state index in [1.165, 1.54) is 244 Å². The van der Waals surface area contributed by atoms with Crippen LogP contribution >= 0.6 is 0 Å². The van der Waals surface area contributed by atoms with Crippen molar-refractivity contribution in [2.24, 2.45) is 0 Å². The van der Waals surface area contributed by atoms with Crippen LogP contribution in [0, 0.1) is 0 Å². The first-order chi connectivity index (χ1) is 31.1. The Morgan fingerprint density at radius 3 is 0.635 bits per heavy atom. The molecule has 63 heavy (non-hydrogen) atoms. The quantitative estimate of drug-likeness (QED) is 0.0450. The van der Waals surface area contributed by atoms with Crippen LogP contribution in [-0.4, -0.2) is 51.2 Å². The molecule has 0 aliphatic carbocycles. The molecule has 0 aliphatic heterocycles. The van der Waals surface area contributed by atoms with Crippen molar-refractivity contribution < 1.29 is 23.7 Å². The predicted molar refractivity (Wildman–Crippen MR) is 277 cm³/mol. The second-order valence-electron chi connectivity index (χ2n) is 19.9. The zero-order chi connectivity index (χ0) is 45.9. The molecule has 0 aromatic rings. The highest BCUT2D eigenvalue weighted by Crippen LogP contribution is 2.39. The average molecular weight is 896 g/mol. The van der Waals surface area contributed by atoms with Gasteiger partial charge in [0.25, 0.3) is 0 Å². The number of rotatable bonds is 56. The van der Waals surface area contributed by atoms with E-state index in [1.54, 1.807) is 0 Å². The van der Waals surface area contributed by atoms with Crippen LogP contribution in [0.15, 0.2) is 0 Å². The summed E-state index contributed by atoms with van der Waals surface area (Å²) in [6.07, 6.45) is 54.8. The molecule has 380 valence electrons. The van der Waals surface area contributed by atoms with Crippen LogP contribution in [-0.2, 0) is 23.7 Å². The lowest BCUT2D eigenvalue weighted by molar-refractivity contribution is -0.369. The van der Waals surface area contributed by atoms with E-state index in [-0.39, 0.29) is 0 Å². The van der Waals surface area contributed by atoms with Crippen LogP contribution < -0.4 is 0 Å². The molecule has 5 heteroatoms. The van der Waals surface area contributed by atoms with Gasteiger partial charge in [-0.1, -0.05) is 234 Å². The first kappa shape index (κ1) is 62.8. The van der Waals surface area contributed by atoms with Crippen molar-refractivity contribution in [2.75, 3.05) is 39.6 Å². The summed E-state index contributed by atoms with van der Waals surface area (Å²) < 4.78 is 34.0. The Hall–Kier alpha value is -0.200. The first-order valence-corrected chi connectivity index (χ1v) is 29.2. The molecule has 0 N–H and O–H groups in total. The number of hydrogen-bond donors (Lipinski definition) is 0. The Kier molecular flexibility index (Phi) is 51.0. The molecule has 0 spiro atoms. The van der Waals surface area contributed by atoms with Gasteiger partial charge >= 0.3 is 0 Å². The van der Waals surface area contributed by atoms with Gasteiger partial charge in [-0.3, -0.25) is 0 Å². The van der Waals surface area contributed by atoms with Crippen molar-refractivity contribution in [2.45, 2.75) is 336 Å². The van der Waals surface area contributed by atoms with Crippen molar-refractivity contribution in [1.82, 2.24) is 0 Å². The third kappa shape index (κ3) is 42.9. The van der Waals surface area contributed by atoms with Gasteiger partial charge in [-0.05, 0) is 64.2 Å². The second kappa shape index (κ2) is 51.2. The standard InChI is InChI=1S/C58H118O5/c1-7-13-19-31-41-51-59-53-43-33-27-25-29-35-45-55-61-57(47-37-21-15-9-3,48-38-22-16-10-4)63-58(49-39-23-17-11-5,50-40-24-18-12-6)62-56-46-36-30-26-28-34-44-54-60-52-42-32-20-14-8-2/h7-56H2,1-6H3. The number of hydrogen-bond acceptors (Lipinski definition) is 5. The normalized spacial score (nSPS) is 12.3. The summed E-state index contributed by atoms with van der Waals surface area (Å²) in [4.78, 5) is 0. The minimum absolute atomic E-state index is 0.550. The van der Waals surface area contributed by atoms with Crippen molar-refractivity contribution in [3.8, 4) is 0 Å². The molecule has 0 radical (unpaired) electrons. The van der Waals surface area contributed by atoms with Crippen LogP contribution in [0.5, 0.6) is 0 Å². The maximum atomic E-state index is 7.73. The van der Waals surface area contributed by atoms with Crippen LogP contribution in [0.4, 0.5) is 0 Å². The van der Waals surface area contributed by atoms with Crippen molar-refractivity contribution in [1.29, 1.82) is 0 Å². The third-order valence-electron chi connectivity index (χ3n) is 13.4. The lowest BCUT2D eigenvalue weighted by atomic mass is 9.95. The highest BCUT2D eigenvalue weighted by molar-refractivity contribution is 4.80. The van der Waals surface area contributed by atoms with E-state index in [1.807, 2.05) is 0 Å². The summed E-state index contributed by atoms with van der Waals surface area (Å²) in [5.41, 5.74) is 0. The summed E-state index contributed by atoms with van der Waals surface area (Å²) in [5.74, 6) is -1.10. The maximum Gasteiger partial charge on any atom is 0.171 e. The van der Waals surface area contributed by atoms with Gasteiger partial charge in [0.15, 0.2) is 11.6 Å². The predicted octanol–water partition coefficient (Wildman–Crippen LogP) is 19.7. The minimum atomic E-state index is -0.550. The monoisotopic (exact) mass is 895 g/mol. The van der Waals surface area contributed by atoms with Crippen molar-refractivity contribution in [3.63, 3.8) is 0 Å². The highest BCUT2D eigenvalue weighted by atomic mass is 16.8. The summed E-state index contributed by atoms with van der Waals surface area (Å²) >= 11 is 0. The maximum absolute atomic E-state index is 7.73. The fourth-order valence-electron chi connectivity index (χ4n) is 9.14. The molecule has 0 aromatic carbocycles. The van der Waals surface area contributed by atoms with E-state index in [0.717, 1.165) is 78.2 Å². The lowest BCUT2D eigenvalue weighted by Crippen LogP contribution is -2.49. The summed E-state index contributed by atoms with van der Waals surface area (Å²) in [6, 6.07) is 0. The van der Waals surface area contributed by atoms with E-state index in [4.69, 9.17) is 23.7 Å². The first-order valence-electron chi connectivity index (χ1n) is 29.2. The van der Waals surface area contributed by atoms with Gasteiger partial charge in [0, 0.05) is 52.1 Å². The molecule has 0 bridgehead atoms. The molecule has 0 saturated carbocycles.